The lowest BCUT2D eigenvalue weighted by atomic mass is 10.1. The number of rotatable bonds is 9. The number of carbonyl (C=O) groups is 3. The first-order valence-electron chi connectivity index (χ1n) is 8.41. The number of hydrogen-bond acceptors (Lipinski definition) is 4. The van der Waals surface area contributed by atoms with Crippen LogP contribution in [0.4, 0.5) is 5.69 Å². The highest BCUT2D eigenvalue weighted by Crippen LogP contribution is 2.21. The molecule has 1 aromatic carbocycles. The molecule has 2 amide bonds. The van der Waals surface area contributed by atoms with E-state index in [2.05, 4.69) is 5.32 Å². The Morgan fingerprint density at radius 3 is 2.54 bits per heavy atom. The van der Waals surface area contributed by atoms with E-state index in [1.54, 1.807) is 43.4 Å². The molecule has 0 bridgehead atoms. The fraction of sp³-hybridized carbons (Fsp3) is 0.316. The first kappa shape index (κ1) is 19.2. The minimum Gasteiger partial charge on any atom is -0.481 e. The molecule has 2 aromatic rings. The Kier molecular flexibility index (Phi) is 6.96. The average Bonchev–Trinajstić information content (AvgIpc) is 3.17. The van der Waals surface area contributed by atoms with Crippen molar-refractivity contribution in [3.63, 3.8) is 0 Å². The van der Waals surface area contributed by atoms with Crippen molar-refractivity contribution in [1.82, 2.24) is 5.32 Å². The van der Waals surface area contributed by atoms with E-state index in [4.69, 9.17) is 9.52 Å². The van der Waals surface area contributed by atoms with E-state index in [1.165, 1.54) is 11.2 Å². The number of hydrogen-bond donors (Lipinski definition) is 2. The lowest BCUT2D eigenvalue weighted by Crippen LogP contribution is -2.30. The number of carboxylic acids is 1. The zero-order chi connectivity index (χ0) is 18.9. The Balaban J connectivity index is 1.96. The van der Waals surface area contributed by atoms with Crippen molar-refractivity contribution in [3.8, 4) is 0 Å². The Hall–Kier alpha value is -3.09. The van der Waals surface area contributed by atoms with Gasteiger partial charge in [-0.3, -0.25) is 14.4 Å². The van der Waals surface area contributed by atoms with Gasteiger partial charge in [0, 0.05) is 20.0 Å². The maximum Gasteiger partial charge on any atom is 0.303 e. The van der Waals surface area contributed by atoms with E-state index < -0.39 is 5.97 Å². The lowest BCUT2D eigenvalue weighted by molar-refractivity contribution is -0.137. The van der Waals surface area contributed by atoms with Gasteiger partial charge < -0.3 is 19.7 Å². The first-order chi connectivity index (χ1) is 12.5. The molecule has 0 spiro atoms. The van der Waals surface area contributed by atoms with E-state index in [0.717, 1.165) is 6.42 Å². The van der Waals surface area contributed by atoms with Crippen molar-refractivity contribution < 1.29 is 23.9 Å². The first-order valence-corrected chi connectivity index (χ1v) is 8.41. The number of furan rings is 1. The van der Waals surface area contributed by atoms with Crippen LogP contribution in [0.25, 0.3) is 0 Å². The summed E-state index contributed by atoms with van der Waals surface area (Å²) in [6.45, 7) is 0.447. The van der Waals surface area contributed by atoms with Crippen molar-refractivity contribution in [2.24, 2.45) is 0 Å². The number of nitrogens with zero attached hydrogens (tertiary/aromatic N) is 1. The zero-order valence-electron chi connectivity index (χ0n) is 14.6. The van der Waals surface area contributed by atoms with E-state index in [-0.39, 0.29) is 24.0 Å². The predicted octanol–water partition coefficient (Wildman–Crippen LogP) is 2.93. The van der Waals surface area contributed by atoms with Crippen molar-refractivity contribution in [1.29, 1.82) is 0 Å². The summed E-state index contributed by atoms with van der Waals surface area (Å²) >= 11 is 0. The molecule has 0 fully saturated rings. The van der Waals surface area contributed by atoms with Crippen LogP contribution < -0.4 is 10.2 Å². The molecular formula is C19H22N2O5. The summed E-state index contributed by atoms with van der Waals surface area (Å²) in [5.74, 6) is -1.24. The predicted molar refractivity (Wildman–Crippen MR) is 96.3 cm³/mol. The normalized spacial score (nSPS) is 10.3. The van der Waals surface area contributed by atoms with Crippen LogP contribution in [-0.4, -0.2) is 36.5 Å². The number of amides is 2. The number of aliphatic carboxylic acids is 1. The third kappa shape index (κ3) is 5.20. The second-order valence-corrected chi connectivity index (χ2v) is 5.82. The number of nitrogens with one attached hydrogen (secondary N) is 1. The highest BCUT2D eigenvalue weighted by molar-refractivity contribution is 6.09. The topological polar surface area (TPSA) is 99.9 Å². The number of unbranched alkanes of at least 4 members (excludes halogenated alkanes) is 2. The Morgan fingerprint density at radius 2 is 1.85 bits per heavy atom. The Bertz CT molecular complexity index is 755. The van der Waals surface area contributed by atoms with Gasteiger partial charge in [0.25, 0.3) is 11.8 Å². The number of anilines is 1. The van der Waals surface area contributed by atoms with Gasteiger partial charge in [0.1, 0.15) is 0 Å². The van der Waals surface area contributed by atoms with Crippen molar-refractivity contribution in [2.75, 3.05) is 18.5 Å². The lowest BCUT2D eigenvalue weighted by Gasteiger charge is -2.19. The highest BCUT2D eigenvalue weighted by Gasteiger charge is 2.20. The number of carbonyl (C=O) groups excluding carboxylic acids is 2. The van der Waals surface area contributed by atoms with E-state index in [1.807, 2.05) is 0 Å². The van der Waals surface area contributed by atoms with Crippen molar-refractivity contribution >= 4 is 23.5 Å². The van der Waals surface area contributed by atoms with Crippen LogP contribution in [0, 0.1) is 0 Å². The summed E-state index contributed by atoms with van der Waals surface area (Å²) in [7, 11) is 1.59. The number of benzene rings is 1. The monoisotopic (exact) mass is 358 g/mol. The zero-order valence-corrected chi connectivity index (χ0v) is 14.6. The molecule has 2 rings (SSSR count). The highest BCUT2D eigenvalue weighted by atomic mass is 16.4. The largest absolute Gasteiger partial charge is 0.481 e. The second-order valence-electron chi connectivity index (χ2n) is 5.82. The van der Waals surface area contributed by atoms with E-state index in [9.17, 15) is 14.4 Å². The molecule has 0 unspecified atom stereocenters. The Labute approximate surface area is 151 Å². The molecule has 0 radical (unpaired) electrons. The van der Waals surface area contributed by atoms with Gasteiger partial charge in [-0.25, -0.2) is 0 Å². The van der Waals surface area contributed by atoms with Gasteiger partial charge in [0.05, 0.1) is 17.5 Å². The summed E-state index contributed by atoms with van der Waals surface area (Å²) in [6.07, 6.45) is 3.57. The molecule has 0 saturated heterocycles. The smallest absolute Gasteiger partial charge is 0.303 e. The Morgan fingerprint density at radius 1 is 1.08 bits per heavy atom. The maximum absolute atomic E-state index is 12.5. The van der Waals surface area contributed by atoms with Crippen LogP contribution in [0.5, 0.6) is 0 Å². The standard InChI is InChI=1S/C19H22N2O5/c1-21(19(25)16-10-7-13-26-16)15-9-5-4-8-14(15)18(24)20-12-6-2-3-11-17(22)23/h4-5,7-10,13H,2-3,6,11-12H2,1H3,(H,20,24)(H,22,23). The van der Waals surface area contributed by atoms with Crippen molar-refractivity contribution in [2.45, 2.75) is 25.7 Å². The maximum atomic E-state index is 12.5. The van der Waals surface area contributed by atoms with Gasteiger partial charge in [-0.05, 0) is 37.1 Å². The van der Waals surface area contributed by atoms with Gasteiger partial charge in [0.15, 0.2) is 5.76 Å². The third-order valence-corrected chi connectivity index (χ3v) is 3.90. The van der Waals surface area contributed by atoms with Gasteiger partial charge in [-0.2, -0.15) is 0 Å². The molecule has 7 heteroatoms. The fourth-order valence-electron chi connectivity index (χ4n) is 2.51. The molecule has 0 aliphatic rings. The molecular weight excluding hydrogens is 336 g/mol. The average molecular weight is 358 g/mol. The summed E-state index contributed by atoms with van der Waals surface area (Å²) in [4.78, 5) is 36.7. The van der Waals surface area contributed by atoms with E-state index >= 15 is 0 Å². The van der Waals surface area contributed by atoms with Crippen LogP contribution >= 0.6 is 0 Å². The van der Waals surface area contributed by atoms with Crippen LogP contribution in [0.15, 0.2) is 47.1 Å². The quantitative estimate of drug-likeness (QED) is 0.671. The number of para-hydroxylation sites is 1. The van der Waals surface area contributed by atoms with Crippen LogP contribution in [0.1, 0.15) is 46.6 Å². The molecule has 2 N–H and O–H groups in total. The van der Waals surface area contributed by atoms with E-state index in [0.29, 0.717) is 30.6 Å². The molecule has 138 valence electrons. The fourth-order valence-corrected chi connectivity index (χ4v) is 2.51. The van der Waals surface area contributed by atoms with Crippen LogP contribution in [0.2, 0.25) is 0 Å². The molecule has 1 aromatic heterocycles. The van der Waals surface area contributed by atoms with Crippen LogP contribution in [0.3, 0.4) is 0 Å². The minimum atomic E-state index is -0.813. The molecule has 0 atom stereocenters. The number of carboxylic acid groups (broad SMARTS) is 1. The molecule has 7 nitrogen and oxygen atoms in total. The van der Waals surface area contributed by atoms with Gasteiger partial charge in [-0.15, -0.1) is 0 Å². The van der Waals surface area contributed by atoms with Crippen LogP contribution in [-0.2, 0) is 4.79 Å². The van der Waals surface area contributed by atoms with Gasteiger partial charge >= 0.3 is 5.97 Å². The minimum absolute atomic E-state index is 0.135. The SMILES string of the molecule is CN(C(=O)c1ccco1)c1ccccc1C(=O)NCCCCCC(=O)O. The molecule has 0 aliphatic heterocycles. The second kappa shape index (κ2) is 9.41. The summed E-state index contributed by atoms with van der Waals surface area (Å²) < 4.78 is 5.12. The van der Waals surface area contributed by atoms with Crippen molar-refractivity contribution in [3.05, 3.63) is 54.0 Å². The summed E-state index contributed by atoms with van der Waals surface area (Å²) in [5.41, 5.74) is 0.873. The molecule has 26 heavy (non-hydrogen) atoms. The molecule has 1 heterocycles. The molecule has 0 aliphatic carbocycles. The summed E-state index contributed by atoms with van der Waals surface area (Å²) in [6, 6.07) is 10.0. The summed E-state index contributed by atoms with van der Waals surface area (Å²) in [5, 5.41) is 11.4. The van der Waals surface area contributed by atoms with Gasteiger partial charge in [0.2, 0.25) is 0 Å². The third-order valence-electron chi connectivity index (χ3n) is 3.90. The van der Waals surface area contributed by atoms with Gasteiger partial charge in [-0.1, -0.05) is 18.6 Å². The molecule has 0 saturated carbocycles.